The second-order valence-electron chi connectivity index (χ2n) is 7.13. The first-order chi connectivity index (χ1) is 9.83. The number of ether oxygens (including phenoxy) is 1. The lowest BCUT2D eigenvalue weighted by Crippen LogP contribution is -2.25. The summed E-state index contributed by atoms with van der Waals surface area (Å²) in [6.07, 6.45) is 19.4. The molecule has 116 valence electrons. The van der Waals surface area contributed by atoms with Crippen LogP contribution in [0.15, 0.2) is 12.2 Å². The molecule has 0 aliphatic heterocycles. The summed E-state index contributed by atoms with van der Waals surface area (Å²) in [5, 5.41) is 0. The summed E-state index contributed by atoms with van der Waals surface area (Å²) < 4.78 is 5.09. The fourth-order valence-electron chi connectivity index (χ4n) is 4.51. The predicted octanol–water partition coefficient (Wildman–Crippen LogP) is 5.60. The maximum atomic E-state index is 5.09. The Balaban J connectivity index is 1.67. The van der Waals surface area contributed by atoms with Crippen molar-refractivity contribution in [2.24, 2.45) is 23.7 Å². The van der Waals surface area contributed by atoms with Crippen molar-refractivity contribution >= 4 is 0 Å². The molecule has 1 heteroatoms. The third-order valence-electron chi connectivity index (χ3n) is 5.74. The van der Waals surface area contributed by atoms with Crippen molar-refractivity contribution in [3.05, 3.63) is 12.2 Å². The fourth-order valence-corrected chi connectivity index (χ4v) is 4.51. The van der Waals surface area contributed by atoms with Gasteiger partial charge in [0, 0.05) is 7.11 Å². The number of allylic oxidation sites excluding steroid dienone is 1. The number of hydrogen-bond acceptors (Lipinski definition) is 1. The molecule has 0 aromatic carbocycles. The largest absolute Gasteiger partial charge is 0.381 e. The van der Waals surface area contributed by atoms with Gasteiger partial charge in [0.15, 0.2) is 0 Å². The zero-order valence-electron chi connectivity index (χ0n) is 13.7. The van der Waals surface area contributed by atoms with Gasteiger partial charge in [0.1, 0.15) is 0 Å². The molecule has 20 heavy (non-hydrogen) atoms. The van der Waals surface area contributed by atoms with Crippen molar-refractivity contribution in [3.63, 3.8) is 0 Å². The third-order valence-corrected chi connectivity index (χ3v) is 5.74. The average molecular weight is 278 g/mol. The Morgan fingerprint density at radius 3 is 2.05 bits per heavy atom. The second kappa shape index (κ2) is 8.87. The summed E-state index contributed by atoms with van der Waals surface area (Å²) in [5.74, 6) is 4.00. The highest BCUT2D eigenvalue weighted by atomic mass is 16.5. The molecule has 0 amide bonds. The molecule has 0 aromatic heterocycles. The highest BCUT2D eigenvalue weighted by Gasteiger charge is 2.29. The zero-order chi connectivity index (χ0) is 14.2. The van der Waals surface area contributed by atoms with E-state index in [-0.39, 0.29) is 0 Å². The molecule has 2 aliphatic carbocycles. The Morgan fingerprint density at radius 2 is 1.50 bits per heavy atom. The van der Waals surface area contributed by atoms with Gasteiger partial charge in [-0.3, -0.25) is 0 Å². The van der Waals surface area contributed by atoms with Crippen LogP contribution in [-0.4, -0.2) is 13.7 Å². The van der Waals surface area contributed by atoms with Gasteiger partial charge >= 0.3 is 0 Å². The summed E-state index contributed by atoms with van der Waals surface area (Å²) in [4.78, 5) is 0. The first-order valence-electron chi connectivity index (χ1n) is 8.99. The van der Waals surface area contributed by atoms with Crippen LogP contribution in [0.3, 0.4) is 0 Å². The summed E-state index contributed by atoms with van der Waals surface area (Å²) in [6.45, 7) is 3.12. The third kappa shape index (κ3) is 4.91. The minimum Gasteiger partial charge on any atom is -0.381 e. The van der Waals surface area contributed by atoms with E-state index in [1.807, 2.05) is 0 Å². The fraction of sp³-hybridized carbons (Fsp3) is 0.895. The molecule has 0 radical (unpaired) electrons. The summed E-state index contributed by atoms with van der Waals surface area (Å²) in [5.41, 5.74) is 0. The number of methoxy groups -OCH3 is 1. The summed E-state index contributed by atoms with van der Waals surface area (Å²) in [6, 6.07) is 0. The van der Waals surface area contributed by atoms with E-state index >= 15 is 0 Å². The lowest BCUT2D eigenvalue weighted by atomic mass is 9.69. The molecular weight excluding hydrogens is 244 g/mol. The monoisotopic (exact) mass is 278 g/mol. The molecule has 2 rings (SSSR count). The highest BCUT2D eigenvalue weighted by molar-refractivity contribution is 4.92. The molecule has 0 spiro atoms. The maximum Gasteiger partial charge on any atom is 0.0643 e. The average Bonchev–Trinajstić information content (AvgIpc) is 2.49. The standard InChI is InChI=1S/C19H34O/c1-3-5-16-7-11-18(12-8-16)19-13-9-17(10-14-19)6-4-15-20-2/h4,6,16-19H,3,5,7-15H2,1-2H3/b6-4+/t16-,17?,18-,19?. The van der Waals surface area contributed by atoms with Crippen LogP contribution in [-0.2, 0) is 4.74 Å². The van der Waals surface area contributed by atoms with Crippen LogP contribution in [0.4, 0.5) is 0 Å². The van der Waals surface area contributed by atoms with E-state index < -0.39 is 0 Å². The van der Waals surface area contributed by atoms with Crippen LogP contribution >= 0.6 is 0 Å². The highest BCUT2D eigenvalue weighted by Crippen LogP contribution is 2.42. The minimum atomic E-state index is 0.779. The molecular formula is C19H34O. The van der Waals surface area contributed by atoms with Crippen LogP contribution in [0.25, 0.3) is 0 Å². The van der Waals surface area contributed by atoms with E-state index in [0.29, 0.717) is 0 Å². The SMILES string of the molecule is CCC[C@H]1CC[C@H](C2CCC(/C=C/COC)CC2)CC1. The van der Waals surface area contributed by atoms with Gasteiger partial charge in [-0.1, -0.05) is 44.8 Å². The van der Waals surface area contributed by atoms with Gasteiger partial charge in [-0.15, -0.1) is 0 Å². The first kappa shape index (κ1) is 16.1. The first-order valence-corrected chi connectivity index (χ1v) is 8.99. The Hall–Kier alpha value is -0.300. The normalized spacial score (nSPS) is 35.5. The van der Waals surface area contributed by atoms with Gasteiger partial charge in [0.05, 0.1) is 6.61 Å². The molecule has 0 saturated heterocycles. The quantitative estimate of drug-likeness (QED) is 0.574. The Bertz CT molecular complexity index is 267. The van der Waals surface area contributed by atoms with Crippen molar-refractivity contribution < 1.29 is 4.74 Å². The molecule has 0 aromatic rings. The van der Waals surface area contributed by atoms with E-state index in [0.717, 1.165) is 30.3 Å². The Labute approximate surface area is 126 Å². The molecule has 0 bridgehead atoms. The van der Waals surface area contributed by atoms with Gasteiger partial charge in [-0.05, 0) is 62.2 Å². The summed E-state index contributed by atoms with van der Waals surface area (Å²) in [7, 11) is 1.77. The maximum absolute atomic E-state index is 5.09. The van der Waals surface area contributed by atoms with Crippen molar-refractivity contribution in [3.8, 4) is 0 Å². The van der Waals surface area contributed by atoms with Gasteiger partial charge in [0.25, 0.3) is 0 Å². The van der Waals surface area contributed by atoms with Gasteiger partial charge < -0.3 is 4.74 Å². The summed E-state index contributed by atoms with van der Waals surface area (Å²) >= 11 is 0. The van der Waals surface area contributed by atoms with E-state index in [1.165, 1.54) is 64.2 Å². The van der Waals surface area contributed by atoms with Crippen molar-refractivity contribution in [1.82, 2.24) is 0 Å². The van der Waals surface area contributed by atoms with E-state index in [9.17, 15) is 0 Å². The minimum absolute atomic E-state index is 0.779. The van der Waals surface area contributed by atoms with Crippen LogP contribution in [0, 0.1) is 23.7 Å². The second-order valence-corrected chi connectivity index (χ2v) is 7.13. The molecule has 0 N–H and O–H groups in total. The van der Waals surface area contributed by atoms with Gasteiger partial charge in [-0.25, -0.2) is 0 Å². The molecule has 1 nitrogen and oxygen atoms in total. The molecule has 2 aliphatic rings. The van der Waals surface area contributed by atoms with Crippen molar-refractivity contribution in [2.75, 3.05) is 13.7 Å². The van der Waals surface area contributed by atoms with Crippen molar-refractivity contribution in [1.29, 1.82) is 0 Å². The Morgan fingerprint density at radius 1 is 0.900 bits per heavy atom. The van der Waals surface area contributed by atoms with Crippen LogP contribution in [0.2, 0.25) is 0 Å². The molecule has 2 fully saturated rings. The van der Waals surface area contributed by atoms with E-state index in [2.05, 4.69) is 19.1 Å². The smallest absolute Gasteiger partial charge is 0.0643 e. The van der Waals surface area contributed by atoms with E-state index in [4.69, 9.17) is 4.74 Å². The van der Waals surface area contributed by atoms with Gasteiger partial charge in [0.2, 0.25) is 0 Å². The zero-order valence-corrected chi connectivity index (χ0v) is 13.7. The lowest BCUT2D eigenvalue weighted by molar-refractivity contribution is 0.152. The molecule has 0 heterocycles. The predicted molar refractivity (Wildman–Crippen MR) is 86.8 cm³/mol. The lowest BCUT2D eigenvalue weighted by Gasteiger charge is -2.37. The van der Waals surface area contributed by atoms with E-state index in [1.54, 1.807) is 7.11 Å². The topological polar surface area (TPSA) is 9.23 Å². The van der Waals surface area contributed by atoms with Crippen LogP contribution in [0.1, 0.15) is 71.1 Å². The molecule has 0 atom stereocenters. The molecule has 0 unspecified atom stereocenters. The van der Waals surface area contributed by atoms with Crippen LogP contribution < -0.4 is 0 Å². The van der Waals surface area contributed by atoms with Gasteiger partial charge in [-0.2, -0.15) is 0 Å². The van der Waals surface area contributed by atoms with Crippen LogP contribution in [0.5, 0.6) is 0 Å². The van der Waals surface area contributed by atoms with Crippen molar-refractivity contribution in [2.45, 2.75) is 71.1 Å². The Kier molecular flexibility index (Phi) is 7.13. The number of rotatable bonds is 6. The number of hydrogen-bond donors (Lipinski definition) is 0. The molecule has 2 saturated carbocycles.